The smallest absolute Gasteiger partial charge is 0.289 e. The number of nitrogens with zero attached hydrogens (tertiary/aromatic N) is 1. The van der Waals surface area contributed by atoms with Crippen molar-refractivity contribution >= 4 is 29.1 Å². The summed E-state index contributed by atoms with van der Waals surface area (Å²) in [6, 6.07) is 13.9. The van der Waals surface area contributed by atoms with Gasteiger partial charge in [0.15, 0.2) is 5.89 Å². The second-order valence-corrected chi connectivity index (χ2v) is 5.52. The average molecular weight is 346 g/mol. The molecule has 2 aromatic carbocycles. The van der Waals surface area contributed by atoms with Crippen LogP contribution in [0.1, 0.15) is 33.7 Å². The van der Waals surface area contributed by atoms with E-state index >= 15 is 0 Å². The lowest BCUT2D eigenvalue weighted by Crippen LogP contribution is -2.33. The van der Waals surface area contributed by atoms with E-state index in [1.165, 1.54) is 0 Å². The third kappa shape index (κ3) is 3.58. The van der Waals surface area contributed by atoms with E-state index in [2.05, 4.69) is 16.4 Å². The van der Waals surface area contributed by atoms with Crippen molar-refractivity contribution in [3.63, 3.8) is 0 Å². The van der Waals surface area contributed by atoms with Gasteiger partial charge in [0.25, 0.3) is 5.91 Å². The number of hydrogen-bond donors (Lipinski definition) is 2. The zero-order chi connectivity index (χ0) is 16.4. The molecule has 0 radical (unpaired) electrons. The molecule has 1 unspecified atom stereocenters. The van der Waals surface area contributed by atoms with E-state index in [4.69, 9.17) is 10.2 Å². The minimum Gasteiger partial charge on any atom is -0.436 e. The number of nitrogens with one attached hydrogen (secondary N) is 1. The van der Waals surface area contributed by atoms with Crippen LogP contribution >= 0.6 is 12.4 Å². The quantitative estimate of drug-likeness (QED) is 0.760. The Kier molecular flexibility index (Phi) is 5.59. The molecule has 0 fully saturated rings. The largest absolute Gasteiger partial charge is 0.436 e. The summed E-state index contributed by atoms with van der Waals surface area (Å²) >= 11 is 0. The number of aryl methyl sites for hydroxylation is 2. The van der Waals surface area contributed by atoms with E-state index in [0.29, 0.717) is 18.1 Å². The molecule has 6 heteroatoms. The molecule has 0 aliphatic carbocycles. The minimum atomic E-state index is -0.299. The van der Waals surface area contributed by atoms with Crippen LogP contribution in [0.3, 0.4) is 0 Å². The highest BCUT2D eigenvalue weighted by Gasteiger charge is 2.20. The fraction of sp³-hybridized carbons (Fsp3) is 0.222. The highest BCUT2D eigenvalue weighted by Crippen LogP contribution is 2.21. The average Bonchev–Trinajstić information content (AvgIpc) is 2.90. The van der Waals surface area contributed by atoms with Crippen molar-refractivity contribution in [1.29, 1.82) is 0 Å². The predicted octanol–water partition coefficient (Wildman–Crippen LogP) is 3.30. The molecule has 3 aromatic rings. The van der Waals surface area contributed by atoms with Crippen LogP contribution in [0.5, 0.6) is 0 Å². The van der Waals surface area contributed by atoms with Crippen LogP contribution in [0.25, 0.3) is 10.8 Å². The maximum absolute atomic E-state index is 12.4. The summed E-state index contributed by atoms with van der Waals surface area (Å²) in [5, 5.41) is 5.19. The fourth-order valence-electron chi connectivity index (χ4n) is 2.67. The van der Waals surface area contributed by atoms with Crippen LogP contribution < -0.4 is 11.1 Å². The predicted molar refractivity (Wildman–Crippen MR) is 96.4 cm³/mol. The van der Waals surface area contributed by atoms with Crippen LogP contribution in [0.15, 0.2) is 46.9 Å². The first-order valence-corrected chi connectivity index (χ1v) is 7.52. The van der Waals surface area contributed by atoms with Gasteiger partial charge < -0.3 is 15.5 Å². The lowest BCUT2D eigenvalue weighted by atomic mass is 10.0. The normalized spacial score (nSPS) is 11.8. The molecule has 0 saturated carbocycles. The van der Waals surface area contributed by atoms with E-state index in [0.717, 1.165) is 16.3 Å². The monoisotopic (exact) mass is 345 g/mol. The molecule has 5 nitrogen and oxygen atoms in total. The number of rotatable bonds is 4. The number of carbonyl (C=O) groups excluding carboxylic acids is 1. The SMILES string of the molecule is Cc1nc(C)c(C(=O)NC(CN)c2ccc3ccccc3c2)o1.Cl. The topological polar surface area (TPSA) is 81.2 Å². The first-order valence-electron chi connectivity index (χ1n) is 7.52. The standard InChI is InChI=1S/C18H19N3O2.ClH/c1-11-17(23-12(2)20-11)18(22)21-16(10-19)15-8-7-13-5-3-4-6-14(13)9-15;/h3-9,16H,10,19H2,1-2H3,(H,21,22);1H. The maximum atomic E-state index is 12.4. The van der Waals surface area contributed by atoms with Gasteiger partial charge >= 0.3 is 0 Å². The number of hydrogen-bond acceptors (Lipinski definition) is 4. The molecular formula is C18H20ClN3O2. The molecule has 0 saturated heterocycles. The van der Waals surface area contributed by atoms with E-state index in [1.54, 1.807) is 13.8 Å². The molecule has 24 heavy (non-hydrogen) atoms. The lowest BCUT2D eigenvalue weighted by Gasteiger charge is -2.17. The Morgan fingerprint density at radius 2 is 1.92 bits per heavy atom. The maximum Gasteiger partial charge on any atom is 0.289 e. The summed E-state index contributed by atoms with van der Waals surface area (Å²) in [5.41, 5.74) is 7.40. The van der Waals surface area contributed by atoms with E-state index < -0.39 is 0 Å². The van der Waals surface area contributed by atoms with Gasteiger partial charge in [0, 0.05) is 13.5 Å². The summed E-state index contributed by atoms with van der Waals surface area (Å²) in [4.78, 5) is 16.5. The van der Waals surface area contributed by atoms with Crippen molar-refractivity contribution in [2.24, 2.45) is 5.73 Å². The molecule has 0 aliphatic heterocycles. The molecule has 3 rings (SSSR count). The van der Waals surface area contributed by atoms with Gasteiger partial charge in [-0.05, 0) is 29.3 Å². The summed E-state index contributed by atoms with van der Waals surface area (Å²) < 4.78 is 5.36. The van der Waals surface area contributed by atoms with Crippen molar-refractivity contribution < 1.29 is 9.21 Å². The van der Waals surface area contributed by atoms with Crippen LogP contribution in [-0.2, 0) is 0 Å². The highest BCUT2D eigenvalue weighted by atomic mass is 35.5. The third-order valence-corrected chi connectivity index (χ3v) is 3.83. The van der Waals surface area contributed by atoms with Crippen LogP contribution in [-0.4, -0.2) is 17.4 Å². The molecule has 1 amide bonds. The number of aromatic nitrogens is 1. The minimum absolute atomic E-state index is 0. The third-order valence-electron chi connectivity index (χ3n) is 3.83. The summed E-state index contributed by atoms with van der Waals surface area (Å²) in [5.74, 6) is 0.413. The second kappa shape index (κ2) is 7.47. The molecule has 0 bridgehead atoms. The zero-order valence-corrected chi connectivity index (χ0v) is 14.4. The van der Waals surface area contributed by atoms with Gasteiger partial charge in [-0.3, -0.25) is 4.79 Å². The number of amides is 1. The van der Waals surface area contributed by atoms with Gasteiger partial charge in [-0.15, -0.1) is 12.4 Å². The number of benzene rings is 2. The van der Waals surface area contributed by atoms with Gasteiger partial charge in [0.2, 0.25) is 5.76 Å². The Morgan fingerprint density at radius 1 is 1.21 bits per heavy atom. The van der Waals surface area contributed by atoms with Gasteiger partial charge in [-0.25, -0.2) is 4.98 Å². The Morgan fingerprint density at radius 3 is 2.54 bits per heavy atom. The van der Waals surface area contributed by atoms with Crippen molar-refractivity contribution in [3.8, 4) is 0 Å². The Labute approximate surface area is 146 Å². The molecule has 3 N–H and O–H groups in total. The fourth-order valence-corrected chi connectivity index (χ4v) is 2.67. The van der Waals surface area contributed by atoms with Crippen LogP contribution in [0, 0.1) is 13.8 Å². The van der Waals surface area contributed by atoms with Crippen molar-refractivity contribution in [3.05, 3.63) is 65.4 Å². The van der Waals surface area contributed by atoms with Crippen molar-refractivity contribution in [2.45, 2.75) is 19.9 Å². The van der Waals surface area contributed by atoms with Crippen molar-refractivity contribution in [1.82, 2.24) is 10.3 Å². The van der Waals surface area contributed by atoms with Crippen molar-refractivity contribution in [2.75, 3.05) is 6.54 Å². The first kappa shape index (κ1) is 18.0. The van der Waals surface area contributed by atoms with Crippen LogP contribution in [0.2, 0.25) is 0 Å². The summed E-state index contributed by atoms with van der Waals surface area (Å²) in [6.07, 6.45) is 0. The van der Waals surface area contributed by atoms with E-state index in [1.807, 2.05) is 36.4 Å². The number of nitrogens with two attached hydrogens (primary N) is 1. The van der Waals surface area contributed by atoms with Crippen LogP contribution in [0.4, 0.5) is 0 Å². The molecular weight excluding hydrogens is 326 g/mol. The summed E-state index contributed by atoms with van der Waals surface area (Å²) in [6.45, 7) is 3.77. The number of carbonyl (C=O) groups is 1. The summed E-state index contributed by atoms with van der Waals surface area (Å²) in [7, 11) is 0. The molecule has 0 aliphatic rings. The Balaban J connectivity index is 0.00000208. The Hall–Kier alpha value is -2.37. The first-order chi connectivity index (χ1) is 11.1. The molecule has 1 atom stereocenters. The van der Waals surface area contributed by atoms with E-state index in [9.17, 15) is 4.79 Å². The molecule has 1 heterocycles. The molecule has 1 aromatic heterocycles. The second-order valence-electron chi connectivity index (χ2n) is 5.52. The highest BCUT2D eigenvalue weighted by molar-refractivity contribution is 5.93. The van der Waals surface area contributed by atoms with Gasteiger partial charge in [-0.1, -0.05) is 36.4 Å². The molecule has 126 valence electrons. The molecule has 0 spiro atoms. The Bertz CT molecular complexity index is 860. The van der Waals surface area contributed by atoms with Gasteiger partial charge in [0.05, 0.1) is 11.7 Å². The number of halogens is 1. The zero-order valence-electron chi connectivity index (χ0n) is 13.6. The lowest BCUT2D eigenvalue weighted by molar-refractivity contribution is 0.0907. The van der Waals surface area contributed by atoms with E-state index in [-0.39, 0.29) is 30.1 Å². The van der Waals surface area contributed by atoms with Gasteiger partial charge in [-0.2, -0.15) is 0 Å². The number of oxazole rings is 1. The number of fused-ring (bicyclic) bond motifs is 1. The van der Waals surface area contributed by atoms with Gasteiger partial charge in [0.1, 0.15) is 0 Å².